The Hall–Kier alpha value is -7.12. The van der Waals surface area contributed by atoms with Gasteiger partial charge in [-0.3, -0.25) is 0 Å². The molecule has 0 spiro atoms. The second kappa shape index (κ2) is 13.7. The van der Waals surface area contributed by atoms with Crippen molar-refractivity contribution in [2.75, 3.05) is 0 Å². The van der Waals surface area contributed by atoms with E-state index < -0.39 is 5.41 Å². The average Bonchev–Trinajstić information content (AvgIpc) is 4.06. The van der Waals surface area contributed by atoms with Crippen LogP contribution in [0.15, 0.2) is 176 Å². The number of thiophene rings is 2. The Labute approximate surface area is 375 Å². The van der Waals surface area contributed by atoms with Gasteiger partial charge >= 0.3 is 0 Å². The molecule has 0 fully saturated rings. The number of aromatic nitrogens is 2. The molecule has 6 heteroatoms. The molecule has 4 aromatic heterocycles. The fourth-order valence-corrected chi connectivity index (χ4v) is 13.0. The summed E-state index contributed by atoms with van der Waals surface area (Å²) in [6.07, 6.45) is 0. The molecule has 4 heterocycles. The lowest BCUT2D eigenvalue weighted by Crippen LogP contribution is -2.21. The van der Waals surface area contributed by atoms with Crippen molar-refractivity contribution in [3.05, 3.63) is 193 Å². The van der Waals surface area contributed by atoms with E-state index >= 15 is 0 Å². The number of nitrogens with zero attached hydrogens (tertiary/aromatic N) is 2. The summed E-state index contributed by atoms with van der Waals surface area (Å²) in [5, 5.41) is 9.79. The van der Waals surface area contributed by atoms with E-state index in [4.69, 9.17) is 0 Å². The zero-order valence-electron chi connectivity index (χ0n) is 35.2. The Bertz CT molecular complexity index is 3810. The minimum absolute atomic E-state index is 0.293. The van der Waals surface area contributed by atoms with Crippen LogP contribution in [0, 0.1) is 11.6 Å². The maximum absolute atomic E-state index is 15.0. The number of hydrogen-bond donors (Lipinski definition) is 0. The first kappa shape index (κ1) is 37.4. The van der Waals surface area contributed by atoms with Crippen molar-refractivity contribution in [2.24, 2.45) is 0 Å². The van der Waals surface area contributed by atoms with Crippen molar-refractivity contribution in [1.82, 2.24) is 9.13 Å². The highest BCUT2D eigenvalue weighted by atomic mass is 32.1. The predicted molar refractivity (Wildman–Crippen MR) is 270 cm³/mol. The second-order valence-corrected chi connectivity index (χ2v) is 20.0. The summed E-state index contributed by atoms with van der Waals surface area (Å²) in [6.45, 7) is 6.90. The van der Waals surface area contributed by atoms with Crippen molar-refractivity contribution in [3.63, 3.8) is 0 Å². The van der Waals surface area contributed by atoms with Gasteiger partial charge in [0.2, 0.25) is 0 Å². The minimum atomic E-state index is -0.478. The SMILES string of the molecule is CC(C)(C)c1c(-n2c3ccccc3c3c4sc5ccccc5c4ccc32)c(-c2ccc(F)cc2)cc(-c2ccc(F)cc2)c1-n1c2ccccc2c2c3sc4ccccc4c3ccc21. The van der Waals surface area contributed by atoms with Crippen molar-refractivity contribution in [3.8, 4) is 33.6 Å². The zero-order valence-corrected chi connectivity index (χ0v) is 36.8. The van der Waals surface area contributed by atoms with Crippen LogP contribution in [-0.4, -0.2) is 9.13 Å². The molecule has 0 saturated heterocycles. The molecule has 0 aliphatic carbocycles. The van der Waals surface area contributed by atoms with Crippen LogP contribution in [0.25, 0.3) is 118 Å². The molecule has 64 heavy (non-hydrogen) atoms. The van der Waals surface area contributed by atoms with E-state index in [2.05, 4.69) is 157 Å². The summed E-state index contributed by atoms with van der Waals surface area (Å²) < 4.78 is 39.9. The summed E-state index contributed by atoms with van der Waals surface area (Å²) >= 11 is 3.69. The van der Waals surface area contributed by atoms with E-state index in [-0.39, 0.29) is 11.6 Å². The highest BCUT2D eigenvalue weighted by Gasteiger charge is 2.33. The molecule has 9 aromatic carbocycles. The van der Waals surface area contributed by atoms with Gasteiger partial charge in [0.05, 0.1) is 33.4 Å². The first-order chi connectivity index (χ1) is 31.2. The molecule has 0 bridgehead atoms. The molecule has 0 amide bonds. The molecule has 0 saturated carbocycles. The monoisotopic (exact) mass is 864 g/mol. The number of fused-ring (bicyclic) bond motifs is 14. The largest absolute Gasteiger partial charge is 0.308 e. The second-order valence-electron chi connectivity index (χ2n) is 17.9. The zero-order chi connectivity index (χ0) is 43.0. The van der Waals surface area contributed by atoms with Crippen LogP contribution in [0.1, 0.15) is 26.3 Å². The van der Waals surface area contributed by atoms with E-state index in [1.165, 1.54) is 61.9 Å². The quantitative estimate of drug-likeness (QED) is 0.167. The summed E-state index contributed by atoms with van der Waals surface area (Å²) in [4.78, 5) is 0. The van der Waals surface area contributed by atoms with Crippen LogP contribution in [0.2, 0.25) is 0 Å². The first-order valence-electron chi connectivity index (χ1n) is 21.6. The predicted octanol–water partition coefficient (Wildman–Crippen LogP) is 17.5. The minimum Gasteiger partial charge on any atom is -0.308 e. The van der Waals surface area contributed by atoms with Gasteiger partial charge in [0.25, 0.3) is 0 Å². The Morgan fingerprint density at radius 1 is 0.391 bits per heavy atom. The average molecular weight is 865 g/mol. The van der Waals surface area contributed by atoms with Gasteiger partial charge in [0.15, 0.2) is 0 Å². The van der Waals surface area contributed by atoms with Crippen LogP contribution in [0.4, 0.5) is 8.78 Å². The highest BCUT2D eigenvalue weighted by Crippen LogP contribution is 2.52. The van der Waals surface area contributed by atoms with Gasteiger partial charge in [-0.1, -0.05) is 130 Å². The van der Waals surface area contributed by atoms with Crippen LogP contribution < -0.4 is 0 Å². The van der Waals surface area contributed by atoms with E-state index in [9.17, 15) is 8.78 Å². The van der Waals surface area contributed by atoms with Crippen LogP contribution >= 0.6 is 22.7 Å². The van der Waals surface area contributed by atoms with Gasteiger partial charge < -0.3 is 9.13 Å². The van der Waals surface area contributed by atoms with E-state index in [1.54, 1.807) is 24.3 Å². The lowest BCUT2D eigenvalue weighted by Gasteiger charge is -2.32. The normalized spacial score (nSPS) is 12.5. The molecule has 2 nitrogen and oxygen atoms in total. The van der Waals surface area contributed by atoms with Gasteiger partial charge in [-0.15, -0.1) is 22.7 Å². The lowest BCUT2D eigenvalue weighted by molar-refractivity contribution is 0.585. The summed E-state index contributed by atoms with van der Waals surface area (Å²) in [7, 11) is 0. The van der Waals surface area contributed by atoms with Gasteiger partial charge in [0.1, 0.15) is 11.6 Å². The van der Waals surface area contributed by atoms with Crippen LogP contribution in [0.5, 0.6) is 0 Å². The van der Waals surface area contributed by atoms with Gasteiger partial charge in [0, 0.05) is 78.6 Å². The molecule has 0 aliphatic heterocycles. The fraction of sp³-hybridized carbons (Fsp3) is 0.0690. The van der Waals surface area contributed by atoms with Crippen LogP contribution in [0.3, 0.4) is 0 Å². The van der Waals surface area contributed by atoms with E-state index in [0.29, 0.717) is 0 Å². The van der Waals surface area contributed by atoms with Gasteiger partial charge in [-0.2, -0.15) is 0 Å². The molecule has 13 aromatic rings. The third-order valence-electron chi connectivity index (χ3n) is 13.1. The molecule has 0 atom stereocenters. The van der Waals surface area contributed by atoms with Crippen molar-refractivity contribution in [1.29, 1.82) is 0 Å². The highest BCUT2D eigenvalue weighted by molar-refractivity contribution is 7.27. The number of rotatable bonds is 4. The van der Waals surface area contributed by atoms with Crippen molar-refractivity contribution in [2.45, 2.75) is 26.2 Å². The number of hydrogen-bond acceptors (Lipinski definition) is 2. The van der Waals surface area contributed by atoms with E-state index in [0.717, 1.165) is 61.3 Å². The first-order valence-corrected chi connectivity index (χ1v) is 23.3. The molecular formula is C58H38F2N2S2. The molecule has 0 unspecified atom stereocenters. The maximum Gasteiger partial charge on any atom is 0.123 e. The van der Waals surface area contributed by atoms with Crippen molar-refractivity contribution >= 4 is 107 Å². The molecular weight excluding hydrogens is 827 g/mol. The summed E-state index contributed by atoms with van der Waals surface area (Å²) in [6, 6.07) is 60.1. The number of para-hydroxylation sites is 2. The smallest absolute Gasteiger partial charge is 0.123 e. The fourth-order valence-electron chi connectivity index (χ4n) is 10.5. The summed E-state index contributed by atoms with van der Waals surface area (Å²) in [5.74, 6) is -0.586. The Kier molecular flexibility index (Phi) is 8.01. The summed E-state index contributed by atoms with van der Waals surface area (Å²) in [5.41, 5.74) is 10.8. The molecule has 0 N–H and O–H groups in total. The topological polar surface area (TPSA) is 9.86 Å². The Morgan fingerprint density at radius 2 is 0.781 bits per heavy atom. The third-order valence-corrected chi connectivity index (χ3v) is 15.5. The molecule has 0 aliphatic rings. The number of halogens is 2. The Morgan fingerprint density at radius 3 is 1.20 bits per heavy atom. The molecule has 0 radical (unpaired) electrons. The number of benzene rings is 9. The van der Waals surface area contributed by atoms with Gasteiger partial charge in [-0.05, 0) is 83.3 Å². The standard InChI is InChI=1S/C58H38F2N2S2/c1-58(2,3)53-54(61-45-16-8-4-14-41(45)51-47(61)30-28-39-37-12-6-10-18-49(37)63-56(39)51)43(33-20-24-35(59)25-21-33)32-44(34-22-26-36(60)27-23-34)55(53)62-46-17-9-5-15-42(46)52-48(62)31-29-40-38-13-7-11-19-50(38)64-57(40)52/h4-32H,1-3H3. The lowest BCUT2D eigenvalue weighted by atomic mass is 9.79. The molecule has 13 rings (SSSR count). The third kappa shape index (κ3) is 5.33. The molecule has 306 valence electrons. The maximum atomic E-state index is 15.0. The van der Waals surface area contributed by atoms with Gasteiger partial charge in [-0.25, -0.2) is 8.78 Å². The van der Waals surface area contributed by atoms with E-state index in [1.807, 2.05) is 46.9 Å². The van der Waals surface area contributed by atoms with Crippen molar-refractivity contribution < 1.29 is 8.78 Å². The Balaban J connectivity index is 1.28. The van der Waals surface area contributed by atoms with Crippen LogP contribution in [-0.2, 0) is 5.41 Å².